The Hall–Kier alpha value is -3.07. The van der Waals surface area contributed by atoms with E-state index in [1.165, 1.54) is 30.9 Å². The molecule has 160 valence electrons. The largest absolute Gasteiger partial charge is 0.487 e. The lowest BCUT2D eigenvalue weighted by Crippen LogP contribution is -2.41. The molecule has 0 aromatic heterocycles. The Bertz CT molecular complexity index is 1100. The topological polar surface area (TPSA) is 105 Å². The molecule has 1 aliphatic heterocycles. The van der Waals surface area contributed by atoms with E-state index >= 15 is 0 Å². The molecule has 1 unspecified atom stereocenters. The summed E-state index contributed by atoms with van der Waals surface area (Å²) in [6.07, 6.45) is 0.414. The van der Waals surface area contributed by atoms with Crippen LogP contribution in [0, 0.1) is 0 Å². The summed E-state index contributed by atoms with van der Waals surface area (Å²) in [4.78, 5) is 24.9. The number of nitrogens with one attached hydrogen (secondary N) is 2. The molecule has 2 amide bonds. The first-order valence-corrected chi connectivity index (χ1v) is 11.1. The van der Waals surface area contributed by atoms with Crippen LogP contribution < -0.4 is 19.7 Å². The number of ether oxygens (including phenoxy) is 1. The zero-order chi connectivity index (χ0) is 22.1. The van der Waals surface area contributed by atoms with Gasteiger partial charge in [0, 0.05) is 19.5 Å². The van der Waals surface area contributed by atoms with Crippen molar-refractivity contribution < 1.29 is 22.7 Å². The van der Waals surface area contributed by atoms with Gasteiger partial charge in [0.25, 0.3) is 10.0 Å². The van der Waals surface area contributed by atoms with Crippen molar-refractivity contribution in [3.8, 4) is 5.75 Å². The van der Waals surface area contributed by atoms with Crippen molar-refractivity contribution in [2.24, 2.45) is 0 Å². The van der Waals surface area contributed by atoms with E-state index in [9.17, 15) is 18.0 Å². The fraction of sp³-hybridized carbons (Fsp3) is 0.333. The van der Waals surface area contributed by atoms with Gasteiger partial charge in [-0.25, -0.2) is 8.42 Å². The SMILES string of the molecule is CCc1ccc(NC(C)=O)cc1NS(=O)(=O)c1ccc2c(c1)N(C(C)=O)CC(C)O2. The van der Waals surface area contributed by atoms with Crippen molar-refractivity contribution in [2.45, 2.75) is 45.1 Å². The molecule has 3 rings (SSSR count). The van der Waals surface area contributed by atoms with Crippen molar-refractivity contribution in [1.82, 2.24) is 0 Å². The fourth-order valence-corrected chi connectivity index (χ4v) is 4.46. The quantitative estimate of drug-likeness (QED) is 0.757. The highest BCUT2D eigenvalue weighted by Crippen LogP contribution is 2.36. The number of rotatable bonds is 5. The van der Waals surface area contributed by atoms with Crippen LogP contribution in [-0.2, 0) is 26.0 Å². The Morgan fingerprint density at radius 3 is 2.53 bits per heavy atom. The molecule has 1 aliphatic rings. The van der Waals surface area contributed by atoms with E-state index in [1.54, 1.807) is 24.3 Å². The van der Waals surface area contributed by atoms with Crippen LogP contribution in [0.15, 0.2) is 41.3 Å². The Labute approximate surface area is 176 Å². The van der Waals surface area contributed by atoms with Gasteiger partial charge in [-0.15, -0.1) is 0 Å². The molecule has 0 saturated heterocycles. The number of hydrogen-bond donors (Lipinski definition) is 2. The number of hydrogen-bond acceptors (Lipinski definition) is 5. The molecule has 0 bridgehead atoms. The number of sulfonamides is 1. The second-order valence-electron chi connectivity index (χ2n) is 7.20. The van der Waals surface area contributed by atoms with Gasteiger partial charge in [-0.2, -0.15) is 0 Å². The molecule has 0 spiro atoms. The van der Waals surface area contributed by atoms with Gasteiger partial charge in [0.15, 0.2) is 0 Å². The highest BCUT2D eigenvalue weighted by Gasteiger charge is 2.28. The summed E-state index contributed by atoms with van der Waals surface area (Å²) < 4.78 is 34.5. The van der Waals surface area contributed by atoms with E-state index in [0.717, 1.165) is 5.56 Å². The number of amides is 2. The molecule has 1 atom stereocenters. The summed E-state index contributed by atoms with van der Waals surface area (Å²) in [5.41, 5.74) is 2.09. The maximum absolute atomic E-state index is 13.1. The first-order valence-electron chi connectivity index (χ1n) is 9.63. The molecule has 0 aliphatic carbocycles. The van der Waals surface area contributed by atoms with E-state index in [1.807, 2.05) is 13.8 Å². The molecule has 8 nitrogen and oxygen atoms in total. The second kappa shape index (κ2) is 8.35. The van der Waals surface area contributed by atoms with Crippen molar-refractivity contribution in [2.75, 3.05) is 21.5 Å². The number of carbonyl (C=O) groups is 2. The van der Waals surface area contributed by atoms with Crippen LogP contribution in [0.1, 0.15) is 33.3 Å². The van der Waals surface area contributed by atoms with Gasteiger partial charge in [0.2, 0.25) is 11.8 Å². The van der Waals surface area contributed by atoms with Gasteiger partial charge >= 0.3 is 0 Å². The Balaban J connectivity index is 1.98. The Morgan fingerprint density at radius 1 is 1.17 bits per heavy atom. The Morgan fingerprint density at radius 2 is 1.90 bits per heavy atom. The lowest BCUT2D eigenvalue weighted by Gasteiger charge is -2.33. The highest BCUT2D eigenvalue weighted by molar-refractivity contribution is 7.92. The van der Waals surface area contributed by atoms with Crippen LogP contribution in [-0.4, -0.2) is 32.9 Å². The van der Waals surface area contributed by atoms with Crippen LogP contribution in [0.5, 0.6) is 5.75 Å². The molecule has 0 radical (unpaired) electrons. The smallest absolute Gasteiger partial charge is 0.261 e. The maximum Gasteiger partial charge on any atom is 0.261 e. The third-order valence-corrected chi connectivity index (χ3v) is 6.10. The highest BCUT2D eigenvalue weighted by atomic mass is 32.2. The van der Waals surface area contributed by atoms with E-state index < -0.39 is 10.0 Å². The van der Waals surface area contributed by atoms with E-state index in [4.69, 9.17) is 4.74 Å². The van der Waals surface area contributed by atoms with Gasteiger partial charge in [0.1, 0.15) is 11.9 Å². The van der Waals surface area contributed by atoms with E-state index in [0.29, 0.717) is 35.8 Å². The van der Waals surface area contributed by atoms with E-state index in [2.05, 4.69) is 10.0 Å². The van der Waals surface area contributed by atoms with Crippen LogP contribution in [0.4, 0.5) is 17.1 Å². The summed E-state index contributed by atoms with van der Waals surface area (Å²) in [6, 6.07) is 9.52. The molecule has 0 saturated carbocycles. The molecular formula is C21H25N3O5S. The minimum Gasteiger partial charge on any atom is -0.487 e. The minimum absolute atomic E-state index is 0.0117. The summed E-state index contributed by atoms with van der Waals surface area (Å²) in [5, 5.41) is 2.65. The van der Waals surface area contributed by atoms with Crippen LogP contribution >= 0.6 is 0 Å². The van der Waals surface area contributed by atoms with Crippen LogP contribution in [0.25, 0.3) is 0 Å². The standard InChI is InChI=1S/C21H25N3O5S/c1-5-16-6-7-17(22-14(3)25)10-19(16)23-30(27,28)18-8-9-21-20(11-18)24(15(4)26)12-13(2)29-21/h6-11,13,23H,5,12H2,1-4H3,(H,22,25). The molecule has 0 fully saturated rings. The molecule has 1 heterocycles. The lowest BCUT2D eigenvalue weighted by molar-refractivity contribution is -0.117. The number of aryl methyl sites for hydroxylation is 1. The lowest BCUT2D eigenvalue weighted by atomic mass is 10.1. The molecule has 9 heteroatoms. The molecular weight excluding hydrogens is 406 g/mol. The monoisotopic (exact) mass is 431 g/mol. The summed E-state index contributed by atoms with van der Waals surface area (Å²) in [6.45, 7) is 6.92. The average Bonchev–Trinajstić information content (AvgIpc) is 2.66. The maximum atomic E-state index is 13.1. The van der Waals surface area contributed by atoms with Crippen molar-refractivity contribution in [3.05, 3.63) is 42.0 Å². The average molecular weight is 432 g/mol. The number of carbonyl (C=O) groups excluding carboxylic acids is 2. The van der Waals surface area contributed by atoms with Crippen molar-refractivity contribution in [1.29, 1.82) is 0 Å². The molecule has 2 aromatic carbocycles. The number of anilines is 3. The minimum atomic E-state index is -3.94. The zero-order valence-corrected chi connectivity index (χ0v) is 18.2. The second-order valence-corrected chi connectivity index (χ2v) is 8.88. The Kier molecular flexibility index (Phi) is 6.02. The van der Waals surface area contributed by atoms with Crippen LogP contribution in [0.3, 0.4) is 0 Å². The van der Waals surface area contributed by atoms with Gasteiger partial charge in [0.05, 0.1) is 22.8 Å². The normalized spacial score (nSPS) is 15.7. The summed E-state index contributed by atoms with van der Waals surface area (Å²) >= 11 is 0. The van der Waals surface area contributed by atoms with Crippen LogP contribution in [0.2, 0.25) is 0 Å². The zero-order valence-electron chi connectivity index (χ0n) is 17.4. The summed E-state index contributed by atoms with van der Waals surface area (Å²) in [5.74, 6) is 0.0243. The molecule has 30 heavy (non-hydrogen) atoms. The first-order chi connectivity index (χ1) is 14.1. The third-order valence-electron chi connectivity index (χ3n) is 4.73. The van der Waals surface area contributed by atoms with E-state index in [-0.39, 0.29) is 22.8 Å². The number of benzene rings is 2. The predicted octanol–water partition coefficient (Wildman–Crippen LogP) is 3.14. The fourth-order valence-electron chi connectivity index (χ4n) is 3.35. The third kappa shape index (κ3) is 4.56. The molecule has 2 N–H and O–H groups in total. The molecule has 2 aromatic rings. The summed E-state index contributed by atoms with van der Waals surface area (Å²) in [7, 11) is -3.94. The van der Waals surface area contributed by atoms with Gasteiger partial charge in [-0.1, -0.05) is 13.0 Å². The van der Waals surface area contributed by atoms with Gasteiger partial charge in [-0.05, 0) is 49.2 Å². The number of fused-ring (bicyclic) bond motifs is 1. The van der Waals surface area contributed by atoms with Gasteiger partial charge < -0.3 is 15.0 Å². The first kappa shape index (κ1) is 21.6. The van der Waals surface area contributed by atoms with Gasteiger partial charge in [-0.3, -0.25) is 14.3 Å². The predicted molar refractivity (Wildman–Crippen MR) is 115 cm³/mol. The van der Waals surface area contributed by atoms with Crippen molar-refractivity contribution >= 4 is 38.9 Å². The number of nitrogens with zero attached hydrogens (tertiary/aromatic N) is 1. The van der Waals surface area contributed by atoms with Crippen molar-refractivity contribution in [3.63, 3.8) is 0 Å².